The Kier molecular flexibility index (Phi) is 4.73. The van der Waals surface area contributed by atoms with Crippen LogP contribution in [0.1, 0.15) is 29.7 Å². The Morgan fingerprint density at radius 1 is 1.45 bits per heavy atom. The molecular formula is C15H17BrFN3. The Morgan fingerprint density at radius 3 is 2.85 bits per heavy atom. The molecule has 5 heteroatoms. The molecule has 106 valence electrons. The normalized spacial score (nSPS) is 12.4. The lowest BCUT2D eigenvalue weighted by atomic mass is 9.97. The summed E-state index contributed by atoms with van der Waals surface area (Å²) in [5.41, 5.74) is 8.30. The van der Waals surface area contributed by atoms with Crippen LogP contribution in [-0.4, -0.2) is 11.5 Å². The molecule has 3 nitrogen and oxygen atoms in total. The van der Waals surface area contributed by atoms with E-state index in [4.69, 9.17) is 5.73 Å². The Morgan fingerprint density at radius 2 is 2.20 bits per heavy atom. The van der Waals surface area contributed by atoms with E-state index in [1.807, 2.05) is 26.0 Å². The lowest BCUT2D eigenvalue weighted by Gasteiger charge is -2.22. The van der Waals surface area contributed by atoms with Gasteiger partial charge in [-0.25, -0.2) is 9.37 Å². The summed E-state index contributed by atoms with van der Waals surface area (Å²) in [7, 11) is 0. The molecule has 0 aliphatic heterocycles. The number of benzene rings is 1. The van der Waals surface area contributed by atoms with E-state index in [0.29, 0.717) is 22.4 Å². The fourth-order valence-electron chi connectivity index (χ4n) is 2.19. The van der Waals surface area contributed by atoms with Crippen LogP contribution in [0.2, 0.25) is 0 Å². The highest BCUT2D eigenvalue weighted by molar-refractivity contribution is 9.10. The monoisotopic (exact) mass is 337 g/mol. The van der Waals surface area contributed by atoms with Crippen LogP contribution in [0.4, 0.5) is 10.2 Å². The van der Waals surface area contributed by atoms with Gasteiger partial charge >= 0.3 is 0 Å². The number of rotatable bonds is 4. The summed E-state index contributed by atoms with van der Waals surface area (Å²) in [6.07, 6.45) is 1.71. The quantitative estimate of drug-likeness (QED) is 0.896. The summed E-state index contributed by atoms with van der Waals surface area (Å²) in [6.45, 7) is 4.61. The summed E-state index contributed by atoms with van der Waals surface area (Å²) in [5, 5.41) is 3.27. The summed E-state index contributed by atoms with van der Waals surface area (Å²) in [6, 6.07) is 6.55. The standard InChI is InChI=1S/C15H17BrFN3/c1-3-19-14(10-7-9(2)8-20-15(10)18)13-11(16)5-4-6-12(13)17/h4-8,14,19H,3H2,1-2H3,(H2,18,20). The maximum absolute atomic E-state index is 14.2. The SMILES string of the molecule is CCNC(c1cc(C)cnc1N)c1c(F)cccc1Br. The van der Waals surface area contributed by atoms with Gasteiger partial charge in [-0.05, 0) is 37.2 Å². The van der Waals surface area contributed by atoms with E-state index in [1.54, 1.807) is 12.3 Å². The highest BCUT2D eigenvalue weighted by atomic mass is 79.9. The van der Waals surface area contributed by atoms with Gasteiger partial charge in [-0.3, -0.25) is 0 Å². The first kappa shape index (κ1) is 14.9. The molecule has 2 aromatic rings. The fourth-order valence-corrected chi connectivity index (χ4v) is 2.76. The van der Waals surface area contributed by atoms with Crippen molar-refractivity contribution in [2.75, 3.05) is 12.3 Å². The second-order valence-electron chi connectivity index (χ2n) is 4.61. The third kappa shape index (κ3) is 2.99. The number of nitrogen functional groups attached to an aromatic ring is 1. The Hall–Kier alpha value is -1.46. The fraction of sp³-hybridized carbons (Fsp3) is 0.267. The van der Waals surface area contributed by atoms with E-state index < -0.39 is 0 Å². The molecule has 3 N–H and O–H groups in total. The Bertz CT molecular complexity index is 596. The number of hydrogen-bond acceptors (Lipinski definition) is 3. The second kappa shape index (κ2) is 6.33. The molecule has 2 rings (SSSR count). The molecule has 1 unspecified atom stereocenters. The van der Waals surface area contributed by atoms with Gasteiger partial charge in [0.2, 0.25) is 0 Å². The van der Waals surface area contributed by atoms with Crippen LogP contribution in [0, 0.1) is 12.7 Å². The van der Waals surface area contributed by atoms with Gasteiger partial charge in [-0.1, -0.05) is 28.9 Å². The second-order valence-corrected chi connectivity index (χ2v) is 5.47. The molecule has 0 aliphatic rings. The van der Waals surface area contributed by atoms with E-state index >= 15 is 0 Å². The highest BCUT2D eigenvalue weighted by Gasteiger charge is 2.22. The Labute approximate surface area is 126 Å². The maximum Gasteiger partial charge on any atom is 0.129 e. The molecule has 0 spiro atoms. The largest absolute Gasteiger partial charge is 0.383 e. The van der Waals surface area contributed by atoms with Gasteiger partial charge in [0, 0.05) is 21.8 Å². The van der Waals surface area contributed by atoms with E-state index in [0.717, 1.165) is 11.1 Å². The predicted octanol–water partition coefficient (Wildman–Crippen LogP) is 3.57. The van der Waals surface area contributed by atoms with Crippen LogP contribution < -0.4 is 11.1 Å². The zero-order chi connectivity index (χ0) is 14.7. The Balaban J connectivity index is 2.59. The van der Waals surface area contributed by atoms with Crippen molar-refractivity contribution in [2.45, 2.75) is 19.9 Å². The van der Waals surface area contributed by atoms with Crippen LogP contribution >= 0.6 is 15.9 Å². The lowest BCUT2D eigenvalue weighted by molar-refractivity contribution is 0.556. The molecule has 1 atom stereocenters. The van der Waals surface area contributed by atoms with E-state index in [9.17, 15) is 4.39 Å². The van der Waals surface area contributed by atoms with Crippen molar-refractivity contribution >= 4 is 21.7 Å². The molecule has 0 saturated carbocycles. The van der Waals surface area contributed by atoms with Crippen molar-refractivity contribution in [1.29, 1.82) is 0 Å². The van der Waals surface area contributed by atoms with Crippen LogP contribution in [-0.2, 0) is 0 Å². The number of halogens is 2. The molecule has 20 heavy (non-hydrogen) atoms. The van der Waals surface area contributed by atoms with Crippen molar-refractivity contribution < 1.29 is 4.39 Å². The number of nitrogens with one attached hydrogen (secondary N) is 1. The number of nitrogens with zero attached hydrogens (tertiary/aromatic N) is 1. The van der Waals surface area contributed by atoms with Crippen molar-refractivity contribution in [1.82, 2.24) is 10.3 Å². The first-order chi connectivity index (χ1) is 9.54. The zero-order valence-corrected chi connectivity index (χ0v) is 13.0. The van der Waals surface area contributed by atoms with Crippen molar-refractivity contribution in [2.24, 2.45) is 0 Å². The topological polar surface area (TPSA) is 50.9 Å². The molecule has 1 heterocycles. The maximum atomic E-state index is 14.2. The van der Waals surface area contributed by atoms with Gasteiger partial charge in [-0.2, -0.15) is 0 Å². The van der Waals surface area contributed by atoms with E-state index in [1.165, 1.54) is 6.07 Å². The number of aryl methyl sites for hydroxylation is 1. The number of hydrogen-bond donors (Lipinski definition) is 2. The highest BCUT2D eigenvalue weighted by Crippen LogP contribution is 2.33. The zero-order valence-electron chi connectivity index (χ0n) is 11.5. The summed E-state index contributed by atoms with van der Waals surface area (Å²) in [5.74, 6) is 0.142. The number of pyridine rings is 1. The van der Waals surface area contributed by atoms with Gasteiger partial charge in [0.25, 0.3) is 0 Å². The number of nitrogens with two attached hydrogens (primary N) is 1. The third-order valence-corrected chi connectivity index (χ3v) is 3.79. The van der Waals surface area contributed by atoms with Crippen LogP contribution in [0.5, 0.6) is 0 Å². The van der Waals surface area contributed by atoms with Gasteiger partial charge in [0.15, 0.2) is 0 Å². The van der Waals surface area contributed by atoms with Crippen LogP contribution in [0.25, 0.3) is 0 Å². The van der Waals surface area contributed by atoms with Gasteiger partial charge in [0.05, 0.1) is 6.04 Å². The minimum absolute atomic E-state index is 0.272. The van der Waals surface area contributed by atoms with Gasteiger partial charge < -0.3 is 11.1 Å². The number of anilines is 1. The molecule has 0 bridgehead atoms. The predicted molar refractivity (Wildman–Crippen MR) is 83.0 cm³/mol. The first-order valence-corrected chi connectivity index (χ1v) is 7.23. The van der Waals surface area contributed by atoms with Gasteiger partial charge in [-0.15, -0.1) is 0 Å². The lowest BCUT2D eigenvalue weighted by Crippen LogP contribution is -2.25. The van der Waals surface area contributed by atoms with Crippen LogP contribution in [0.15, 0.2) is 34.9 Å². The first-order valence-electron chi connectivity index (χ1n) is 6.44. The van der Waals surface area contributed by atoms with E-state index in [-0.39, 0.29) is 11.9 Å². The molecule has 1 aromatic carbocycles. The molecule has 0 amide bonds. The molecular weight excluding hydrogens is 321 g/mol. The molecule has 0 aliphatic carbocycles. The molecule has 0 saturated heterocycles. The summed E-state index contributed by atoms with van der Waals surface area (Å²) < 4.78 is 14.9. The molecule has 0 radical (unpaired) electrons. The summed E-state index contributed by atoms with van der Waals surface area (Å²) >= 11 is 3.42. The van der Waals surface area contributed by atoms with E-state index in [2.05, 4.69) is 26.2 Å². The average Bonchev–Trinajstić information content (AvgIpc) is 2.40. The minimum atomic E-state index is -0.331. The number of aromatic nitrogens is 1. The smallest absolute Gasteiger partial charge is 0.129 e. The van der Waals surface area contributed by atoms with Crippen molar-refractivity contribution in [3.05, 3.63) is 57.4 Å². The molecule has 1 aromatic heterocycles. The summed E-state index contributed by atoms with van der Waals surface area (Å²) in [4.78, 5) is 4.17. The van der Waals surface area contributed by atoms with Crippen LogP contribution in [0.3, 0.4) is 0 Å². The van der Waals surface area contributed by atoms with Crippen molar-refractivity contribution in [3.63, 3.8) is 0 Å². The minimum Gasteiger partial charge on any atom is -0.383 e. The third-order valence-electron chi connectivity index (χ3n) is 3.09. The average molecular weight is 338 g/mol. The molecule has 0 fully saturated rings. The van der Waals surface area contributed by atoms with Gasteiger partial charge in [0.1, 0.15) is 11.6 Å². The van der Waals surface area contributed by atoms with Crippen molar-refractivity contribution in [3.8, 4) is 0 Å².